The van der Waals surface area contributed by atoms with Gasteiger partial charge in [0, 0.05) is 18.8 Å². The van der Waals surface area contributed by atoms with E-state index in [1.807, 2.05) is 30.3 Å². The van der Waals surface area contributed by atoms with Crippen molar-refractivity contribution in [3.8, 4) is 0 Å². The van der Waals surface area contributed by atoms with Gasteiger partial charge in [-0.25, -0.2) is 0 Å². The Hall–Kier alpha value is -1.75. The molecule has 0 aliphatic carbocycles. The molecule has 2 amide bonds. The van der Waals surface area contributed by atoms with E-state index in [-0.39, 0.29) is 30.8 Å². The Labute approximate surface area is 125 Å². The number of benzene rings is 1. The van der Waals surface area contributed by atoms with Crippen LogP contribution in [0.1, 0.15) is 13.8 Å². The van der Waals surface area contributed by atoms with E-state index >= 15 is 0 Å². The molecule has 0 radical (unpaired) electrons. The lowest BCUT2D eigenvalue weighted by atomic mass is 9.99. The molecule has 1 heterocycles. The first-order valence-electron chi connectivity index (χ1n) is 6.39. The SMILES string of the molecule is CC1(C)C(=O)NCCN1C(=O)CNc1ccccc1.Cl. The topological polar surface area (TPSA) is 61.4 Å². The lowest BCUT2D eigenvalue weighted by molar-refractivity contribution is -0.147. The highest BCUT2D eigenvalue weighted by Gasteiger charge is 2.39. The van der Waals surface area contributed by atoms with Gasteiger partial charge < -0.3 is 15.5 Å². The molecule has 1 aromatic rings. The molecule has 0 saturated carbocycles. The lowest BCUT2D eigenvalue weighted by Gasteiger charge is -2.41. The quantitative estimate of drug-likeness (QED) is 0.883. The van der Waals surface area contributed by atoms with Crippen LogP contribution in [0.2, 0.25) is 0 Å². The number of carbonyl (C=O) groups is 2. The number of nitrogens with one attached hydrogen (secondary N) is 2. The van der Waals surface area contributed by atoms with Gasteiger partial charge in [0.15, 0.2) is 0 Å². The first-order valence-corrected chi connectivity index (χ1v) is 6.39. The molecule has 2 N–H and O–H groups in total. The largest absolute Gasteiger partial charge is 0.376 e. The minimum Gasteiger partial charge on any atom is -0.376 e. The van der Waals surface area contributed by atoms with Crippen molar-refractivity contribution >= 4 is 29.9 Å². The number of rotatable bonds is 3. The van der Waals surface area contributed by atoms with Crippen molar-refractivity contribution in [2.45, 2.75) is 19.4 Å². The van der Waals surface area contributed by atoms with Crippen molar-refractivity contribution in [3.05, 3.63) is 30.3 Å². The number of hydrogen-bond acceptors (Lipinski definition) is 3. The van der Waals surface area contributed by atoms with E-state index in [9.17, 15) is 9.59 Å². The summed E-state index contributed by atoms with van der Waals surface area (Å²) in [4.78, 5) is 25.6. The smallest absolute Gasteiger partial charge is 0.245 e. The molecule has 0 bridgehead atoms. The van der Waals surface area contributed by atoms with Gasteiger partial charge in [-0.2, -0.15) is 0 Å². The number of hydrogen-bond donors (Lipinski definition) is 2. The van der Waals surface area contributed by atoms with Crippen LogP contribution in [0.15, 0.2) is 30.3 Å². The van der Waals surface area contributed by atoms with E-state index < -0.39 is 5.54 Å². The normalized spacial score (nSPS) is 16.9. The zero-order valence-corrected chi connectivity index (χ0v) is 12.5. The molecule has 20 heavy (non-hydrogen) atoms. The minimum absolute atomic E-state index is 0. The summed E-state index contributed by atoms with van der Waals surface area (Å²) in [6, 6.07) is 9.55. The highest BCUT2D eigenvalue weighted by Crippen LogP contribution is 2.17. The molecule has 0 unspecified atom stereocenters. The summed E-state index contributed by atoms with van der Waals surface area (Å²) >= 11 is 0. The van der Waals surface area contributed by atoms with E-state index in [0.717, 1.165) is 5.69 Å². The van der Waals surface area contributed by atoms with Crippen LogP contribution < -0.4 is 10.6 Å². The Morgan fingerprint density at radius 2 is 2.00 bits per heavy atom. The molecule has 0 spiro atoms. The van der Waals surface area contributed by atoms with Gasteiger partial charge in [0.25, 0.3) is 0 Å². The molecular formula is C14H20ClN3O2. The third kappa shape index (κ3) is 3.42. The van der Waals surface area contributed by atoms with Crippen molar-refractivity contribution in [2.24, 2.45) is 0 Å². The third-order valence-corrected chi connectivity index (χ3v) is 3.37. The van der Waals surface area contributed by atoms with Gasteiger partial charge in [0.2, 0.25) is 11.8 Å². The van der Waals surface area contributed by atoms with E-state index in [1.54, 1.807) is 18.7 Å². The van der Waals surface area contributed by atoms with Crippen molar-refractivity contribution in [3.63, 3.8) is 0 Å². The highest BCUT2D eigenvalue weighted by molar-refractivity contribution is 5.93. The van der Waals surface area contributed by atoms with E-state index in [2.05, 4.69) is 10.6 Å². The second-order valence-corrected chi connectivity index (χ2v) is 5.08. The fraction of sp³-hybridized carbons (Fsp3) is 0.429. The zero-order valence-electron chi connectivity index (χ0n) is 11.7. The molecule has 1 aliphatic rings. The van der Waals surface area contributed by atoms with Crippen LogP contribution in [0, 0.1) is 0 Å². The molecule has 1 aromatic carbocycles. The van der Waals surface area contributed by atoms with Crippen LogP contribution in [0.3, 0.4) is 0 Å². The van der Waals surface area contributed by atoms with Crippen molar-refractivity contribution < 1.29 is 9.59 Å². The molecular weight excluding hydrogens is 278 g/mol. The molecule has 0 atom stereocenters. The second-order valence-electron chi connectivity index (χ2n) is 5.08. The molecule has 110 valence electrons. The van der Waals surface area contributed by atoms with Gasteiger partial charge in [-0.1, -0.05) is 18.2 Å². The Morgan fingerprint density at radius 3 is 2.65 bits per heavy atom. The maximum absolute atomic E-state index is 12.2. The fourth-order valence-corrected chi connectivity index (χ4v) is 2.17. The summed E-state index contributed by atoms with van der Waals surface area (Å²) in [5.74, 6) is -0.171. The molecule has 0 aromatic heterocycles. The second kappa shape index (κ2) is 6.61. The summed E-state index contributed by atoms with van der Waals surface area (Å²) in [6.45, 7) is 4.79. The average Bonchev–Trinajstić information content (AvgIpc) is 2.40. The summed E-state index contributed by atoms with van der Waals surface area (Å²) in [5, 5.41) is 5.85. The van der Waals surface area contributed by atoms with E-state index in [0.29, 0.717) is 13.1 Å². The molecule has 1 fully saturated rings. The van der Waals surface area contributed by atoms with Gasteiger partial charge in [-0.3, -0.25) is 9.59 Å². The van der Waals surface area contributed by atoms with Crippen LogP contribution in [-0.2, 0) is 9.59 Å². The number of anilines is 1. The maximum Gasteiger partial charge on any atom is 0.245 e. The Morgan fingerprint density at radius 1 is 1.35 bits per heavy atom. The summed E-state index contributed by atoms with van der Waals surface area (Å²) in [5.41, 5.74) is 0.114. The average molecular weight is 298 g/mol. The minimum atomic E-state index is -0.784. The van der Waals surface area contributed by atoms with Crippen LogP contribution in [0.4, 0.5) is 5.69 Å². The molecule has 6 heteroatoms. The standard InChI is InChI=1S/C14H19N3O2.ClH/c1-14(2)13(19)15-8-9-17(14)12(18)10-16-11-6-4-3-5-7-11;/h3-7,16H,8-10H2,1-2H3,(H,15,19);1H. The van der Waals surface area contributed by atoms with Gasteiger partial charge in [-0.05, 0) is 26.0 Å². The van der Waals surface area contributed by atoms with Crippen LogP contribution in [0.5, 0.6) is 0 Å². The summed E-state index contributed by atoms with van der Waals surface area (Å²) < 4.78 is 0. The van der Waals surface area contributed by atoms with Crippen LogP contribution in [0.25, 0.3) is 0 Å². The molecule has 2 rings (SSSR count). The number of para-hydroxylation sites is 1. The zero-order chi connectivity index (χ0) is 13.9. The number of halogens is 1. The van der Waals surface area contributed by atoms with Crippen LogP contribution >= 0.6 is 12.4 Å². The van der Waals surface area contributed by atoms with Gasteiger partial charge in [0.05, 0.1) is 6.54 Å². The lowest BCUT2D eigenvalue weighted by Crippen LogP contribution is -2.64. The predicted octanol–water partition coefficient (Wildman–Crippen LogP) is 1.26. The first kappa shape index (κ1) is 16.3. The fourth-order valence-electron chi connectivity index (χ4n) is 2.17. The van der Waals surface area contributed by atoms with Crippen molar-refractivity contribution in [1.82, 2.24) is 10.2 Å². The maximum atomic E-state index is 12.2. The number of amides is 2. The van der Waals surface area contributed by atoms with Gasteiger partial charge in [0.1, 0.15) is 5.54 Å². The molecule has 5 nitrogen and oxygen atoms in total. The van der Waals surface area contributed by atoms with Crippen molar-refractivity contribution in [1.29, 1.82) is 0 Å². The monoisotopic (exact) mass is 297 g/mol. The Balaban J connectivity index is 0.00000200. The Kier molecular flexibility index (Phi) is 5.39. The number of nitrogens with zero attached hydrogens (tertiary/aromatic N) is 1. The summed E-state index contributed by atoms with van der Waals surface area (Å²) in [7, 11) is 0. The molecule has 1 aliphatic heterocycles. The number of piperazine rings is 1. The van der Waals surface area contributed by atoms with Crippen molar-refractivity contribution in [2.75, 3.05) is 25.0 Å². The third-order valence-electron chi connectivity index (χ3n) is 3.37. The molecule has 1 saturated heterocycles. The van der Waals surface area contributed by atoms with E-state index in [4.69, 9.17) is 0 Å². The summed E-state index contributed by atoms with van der Waals surface area (Å²) in [6.07, 6.45) is 0. The highest BCUT2D eigenvalue weighted by atomic mass is 35.5. The van der Waals surface area contributed by atoms with E-state index in [1.165, 1.54) is 0 Å². The Bertz CT molecular complexity index is 477. The van der Waals surface area contributed by atoms with Gasteiger partial charge in [-0.15, -0.1) is 12.4 Å². The predicted molar refractivity (Wildman–Crippen MR) is 81.0 cm³/mol. The van der Waals surface area contributed by atoms with Crippen LogP contribution in [-0.4, -0.2) is 41.9 Å². The first-order chi connectivity index (χ1) is 9.01. The number of carbonyl (C=O) groups excluding carboxylic acids is 2. The van der Waals surface area contributed by atoms with Gasteiger partial charge >= 0.3 is 0 Å².